The molecule has 0 radical (unpaired) electrons. The highest BCUT2D eigenvalue weighted by Gasteiger charge is 2.21. The monoisotopic (exact) mass is 372 g/mol. The maximum absolute atomic E-state index is 12.1. The van der Waals surface area contributed by atoms with E-state index in [2.05, 4.69) is 5.32 Å². The molecule has 0 fully saturated rings. The average Bonchev–Trinajstić information content (AvgIpc) is 2.53. The molecule has 0 aromatic heterocycles. The maximum atomic E-state index is 12.1. The summed E-state index contributed by atoms with van der Waals surface area (Å²) >= 11 is 0. The van der Waals surface area contributed by atoms with Crippen LogP contribution >= 0.6 is 0 Å². The first kappa shape index (κ1) is 23.3. The predicted octanol–water partition coefficient (Wildman–Crippen LogP) is -3.48. The largest absolute Gasteiger partial charge is 0.368 e. The van der Waals surface area contributed by atoms with E-state index in [1.165, 1.54) is 38.0 Å². The van der Waals surface area contributed by atoms with Crippen LogP contribution in [0.4, 0.5) is 0 Å². The highest BCUT2D eigenvalue weighted by molar-refractivity contribution is 5.90. The lowest BCUT2D eigenvalue weighted by molar-refractivity contribution is -0.144. The van der Waals surface area contributed by atoms with Gasteiger partial charge >= 0.3 is 0 Å². The van der Waals surface area contributed by atoms with E-state index in [0.717, 1.165) is 9.80 Å². The van der Waals surface area contributed by atoms with Gasteiger partial charge in [-0.2, -0.15) is 0 Å². The standard InChI is InChI=1S/C15H28N6O5/c1-17-6-12(23)19(3)8-14(25)21(5)10-15(26)20(4)9-13(24)18(2)7-11(16)22/h17H,6-10H2,1-5H3,(H2,16,22). The van der Waals surface area contributed by atoms with Gasteiger partial charge in [0.25, 0.3) is 0 Å². The van der Waals surface area contributed by atoms with E-state index in [4.69, 9.17) is 5.73 Å². The topological polar surface area (TPSA) is 136 Å². The van der Waals surface area contributed by atoms with Crippen LogP contribution in [0.1, 0.15) is 0 Å². The molecule has 0 atom stereocenters. The van der Waals surface area contributed by atoms with Crippen LogP contribution in [0.2, 0.25) is 0 Å². The Kier molecular flexibility index (Phi) is 9.89. The Bertz CT molecular complexity index is 553. The molecule has 11 heteroatoms. The van der Waals surface area contributed by atoms with Gasteiger partial charge < -0.3 is 30.7 Å². The first-order valence-electron chi connectivity index (χ1n) is 7.88. The van der Waals surface area contributed by atoms with Gasteiger partial charge in [-0.3, -0.25) is 24.0 Å². The van der Waals surface area contributed by atoms with E-state index >= 15 is 0 Å². The Labute approximate surface area is 153 Å². The number of amides is 5. The maximum Gasteiger partial charge on any atom is 0.242 e. The van der Waals surface area contributed by atoms with Gasteiger partial charge in [0, 0.05) is 28.2 Å². The minimum absolute atomic E-state index is 0.107. The molecule has 3 N–H and O–H groups in total. The van der Waals surface area contributed by atoms with Crippen LogP contribution in [0.15, 0.2) is 0 Å². The van der Waals surface area contributed by atoms with Gasteiger partial charge in [-0.1, -0.05) is 0 Å². The third-order valence-corrected chi connectivity index (χ3v) is 3.54. The van der Waals surface area contributed by atoms with E-state index in [1.54, 1.807) is 7.05 Å². The van der Waals surface area contributed by atoms with Gasteiger partial charge in [0.05, 0.1) is 32.7 Å². The Hall–Kier alpha value is -2.69. The van der Waals surface area contributed by atoms with E-state index in [0.29, 0.717) is 0 Å². The number of carbonyl (C=O) groups excluding carboxylic acids is 5. The van der Waals surface area contributed by atoms with Gasteiger partial charge in [-0.05, 0) is 7.05 Å². The summed E-state index contributed by atoms with van der Waals surface area (Å²) in [6.07, 6.45) is 0. The predicted molar refractivity (Wildman–Crippen MR) is 93.7 cm³/mol. The van der Waals surface area contributed by atoms with Crippen molar-refractivity contribution in [2.45, 2.75) is 0 Å². The van der Waals surface area contributed by atoms with Crippen LogP contribution in [-0.4, -0.2) is 117 Å². The zero-order valence-corrected chi connectivity index (χ0v) is 15.9. The van der Waals surface area contributed by atoms with Gasteiger partial charge in [0.2, 0.25) is 29.5 Å². The second-order valence-electron chi connectivity index (χ2n) is 6.00. The fraction of sp³-hybridized carbons (Fsp3) is 0.667. The van der Waals surface area contributed by atoms with Crippen LogP contribution in [0, 0.1) is 0 Å². The molecule has 0 saturated heterocycles. The summed E-state index contributed by atoms with van der Waals surface area (Å²) < 4.78 is 0. The molecule has 0 saturated carbocycles. The summed E-state index contributed by atoms with van der Waals surface area (Å²) in [6.45, 7) is -0.780. The third kappa shape index (κ3) is 8.42. The fourth-order valence-corrected chi connectivity index (χ4v) is 1.84. The lowest BCUT2D eigenvalue weighted by atomic mass is 10.4. The van der Waals surface area contributed by atoms with Crippen molar-refractivity contribution in [3.8, 4) is 0 Å². The van der Waals surface area contributed by atoms with Crippen molar-refractivity contribution in [2.24, 2.45) is 5.73 Å². The van der Waals surface area contributed by atoms with Gasteiger partial charge in [0.1, 0.15) is 0 Å². The minimum Gasteiger partial charge on any atom is -0.368 e. The zero-order valence-electron chi connectivity index (χ0n) is 15.9. The highest BCUT2D eigenvalue weighted by Crippen LogP contribution is 1.95. The Morgan fingerprint density at radius 2 is 0.962 bits per heavy atom. The molecule has 11 nitrogen and oxygen atoms in total. The summed E-state index contributed by atoms with van der Waals surface area (Å²) in [5.41, 5.74) is 5.01. The van der Waals surface area contributed by atoms with Gasteiger partial charge in [-0.15, -0.1) is 0 Å². The van der Waals surface area contributed by atoms with Gasteiger partial charge in [0.15, 0.2) is 0 Å². The zero-order chi connectivity index (χ0) is 20.4. The number of hydrogen-bond acceptors (Lipinski definition) is 6. The second kappa shape index (κ2) is 11.0. The van der Waals surface area contributed by atoms with Crippen molar-refractivity contribution in [1.29, 1.82) is 0 Å². The summed E-state index contributed by atoms with van der Waals surface area (Å²) in [6, 6.07) is 0. The number of carbonyl (C=O) groups is 5. The Morgan fingerprint density at radius 3 is 1.27 bits per heavy atom. The average molecular weight is 372 g/mol. The normalized spacial score (nSPS) is 10.0. The quantitative estimate of drug-likeness (QED) is 0.409. The molecule has 0 aromatic carbocycles. The van der Waals surface area contributed by atoms with Crippen molar-refractivity contribution in [2.75, 3.05) is 68.0 Å². The second-order valence-corrected chi connectivity index (χ2v) is 6.00. The summed E-state index contributed by atoms with van der Waals surface area (Å²) in [5.74, 6) is -2.22. The molecule has 0 aliphatic heterocycles. The molecule has 0 aliphatic rings. The molecule has 26 heavy (non-hydrogen) atoms. The fourth-order valence-electron chi connectivity index (χ4n) is 1.84. The molecule has 0 heterocycles. The smallest absolute Gasteiger partial charge is 0.242 e. The Balaban J connectivity index is 4.51. The molecular weight excluding hydrogens is 344 g/mol. The molecule has 0 aliphatic carbocycles. The summed E-state index contributed by atoms with van der Waals surface area (Å²) in [4.78, 5) is 63.3. The number of nitrogens with two attached hydrogens (primary N) is 1. The first-order chi connectivity index (χ1) is 12.0. The molecule has 0 aromatic rings. The van der Waals surface area contributed by atoms with Gasteiger partial charge in [-0.25, -0.2) is 0 Å². The van der Waals surface area contributed by atoms with Crippen LogP contribution in [-0.2, 0) is 24.0 Å². The van der Waals surface area contributed by atoms with Crippen LogP contribution < -0.4 is 11.1 Å². The third-order valence-electron chi connectivity index (χ3n) is 3.54. The molecule has 0 bridgehead atoms. The number of likely N-dealkylation sites (N-methyl/N-ethyl adjacent to an activating group) is 5. The first-order valence-corrected chi connectivity index (χ1v) is 7.88. The van der Waals surface area contributed by atoms with Crippen molar-refractivity contribution in [1.82, 2.24) is 24.9 Å². The van der Waals surface area contributed by atoms with E-state index in [-0.39, 0.29) is 38.6 Å². The molecular formula is C15H28N6O5. The van der Waals surface area contributed by atoms with E-state index < -0.39 is 23.6 Å². The van der Waals surface area contributed by atoms with Crippen LogP contribution in [0.5, 0.6) is 0 Å². The van der Waals surface area contributed by atoms with Crippen molar-refractivity contribution < 1.29 is 24.0 Å². The molecule has 0 spiro atoms. The molecule has 0 rings (SSSR count). The number of primary amides is 1. The van der Waals surface area contributed by atoms with Crippen molar-refractivity contribution in [3.63, 3.8) is 0 Å². The lowest BCUT2D eigenvalue weighted by Gasteiger charge is -2.25. The van der Waals surface area contributed by atoms with Crippen LogP contribution in [0.3, 0.4) is 0 Å². The summed E-state index contributed by atoms with van der Waals surface area (Å²) in [7, 11) is 7.37. The van der Waals surface area contributed by atoms with E-state index in [9.17, 15) is 24.0 Å². The highest BCUT2D eigenvalue weighted by atomic mass is 16.2. The lowest BCUT2D eigenvalue weighted by Crippen LogP contribution is -2.47. The SMILES string of the molecule is CNCC(=O)N(C)CC(=O)N(C)CC(=O)N(C)CC(=O)N(C)CC(N)=O. The molecule has 5 amide bonds. The summed E-state index contributed by atoms with van der Waals surface area (Å²) in [5, 5.41) is 2.70. The minimum atomic E-state index is -0.655. The molecule has 0 unspecified atom stereocenters. The molecule has 148 valence electrons. The Morgan fingerprint density at radius 1 is 0.654 bits per heavy atom. The van der Waals surface area contributed by atoms with Crippen LogP contribution in [0.25, 0.3) is 0 Å². The van der Waals surface area contributed by atoms with Crippen molar-refractivity contribution >= 4 is 29.5 Å². The number of nitrogens with one attached hydrogen (secondary N) is 1. The number of rotatable bonds is 10. The van der Waals surface area contributed by atoms with Crippen molar-refractivity contribution in [3.05, 3.63) is 0 Å². The number of nitrogens with zero attached hydrogens (tertiary/aromatic N) is 4. The van der Waals surface area contributed by atoms with E-state index in [1.807, 2.05) is 0 Å². The number of hydrogen-bond donors (Lipinski definition) is 2.